The second-order valence-electron chi connectivity index (χ2n) is 9.40. The molecule has 8 heteroatoms. The maximum Gasteiger partial charge on any atom is 0.234 e. The summed E-state index contributed by atoms with van der Waals surface area (Å²) in [5.74, 6) is 0.908. The number of fused-ring (bicyclic) bond motifs is 1. The van der Waals surface area contributed by atoms with Crippen LogP contribution in [0.4, 0.5) is 5.82 Å². The first-order chi connectivity index (χ1) is 18.7. The minimum atomic E-state index is 0.193. The second kappa shape index (κ2) is 10.7. The molecule has 6 rings (SSSR count). The molecule has 3 aromatic heterocycles. The lowest BCUT2D eigenvalue weighted by Crippen LogP contribution is -2.38. The Morgan fingerprint density at radius 3 is 2.34 bits per heavy atom. The number of anilines is 1. The van der Waals surface area contributed by atoms with Gasteiger partial charge in [-0.25, -0.2) is 24.9 Å². The molecule has 0 bridgehead atoms. The molecule has 4 heterocycles. The van der Waals surface area contributed by atoms with Gasteiger partial charge in [-0.2, -0.15) is 5.26 Å². The quantitative estimate of drug-likeness (QED) is 0.345. The van der Waals surface area contributed by atoms with Crippen molar-refractivity contribution in [1.82, 2.24) is 29.8 Å². The van der Waals surface area contributed by atoms with Gasteiger partial charge in [0.1, 0.15) is 17.4 Å². The van der Waals surface area contributed by atoms with E-state index in [4.69, 9.17) is 15.2 Å². The molecule has 1 aliphatic heterocycles. The molecule has 0 spiro atoms. The summed E-state index contributed by atoms with van der Waals surface area (Å²) in [7, 11) is 0. The van der Waals surface area contributed by atoms with Crippen LogP contribution in [0.5, 0.6) is 0 Å². The van der Waals surface area contributed by atoms with Gasteiger partial charge in [-0.15, -0.1) is 0 Å². The number of benzene rings is 2. The van der Waals surface area contributed by atoms with Crippen molar-refractivity contribution in [2.75, 3.05) is 18.4 Å². The molecule has 0 aliphatic carbocycles. The van der Waals surface area contributed by atoms with Crippen LogP contribution in [0.2, 0.25) is 0 Å². The maximum absolute atomic E-state index is 9.01. The Balaban J connectivity index is 1.15. The van der Waals surface area contributed by atoms with Gasteiger partial charge in [-0.1, -0.05) is 54.6 Å². The number of rotatable bonds is 6. The molecule has 5 aromatic rings. The van der Waals surface area contributed by atoms with E-state index in [2.05, 4.69) is 61.6 Å². The molecule has 1 fully saturated rings. The summed E-state index contributed by atoms with van der Waals surface area (Å²) in [4.78, 5) is 24.9. The van der Waals surface area contributed by atoms with Crippen LogP contribution in [-0.4, -0.2) is 49.0 Å². The highest BCUT2D eigenvalue weighted by atomic mass is 15.1. The number of hydrogen-bond donors (Lipinski definition) is 1. The first-order valence-electron chi connectivity index (χ1n) is 12.7. The molecular weight excluding hydrogens is 472 g/mol. The number of nitrogens with one attached hydrogen (secondary N) is 1. The summed E-state index contributed by atoms with van der Waals surface area (Å²) in [6.45, 7) is 2.89. The zero-order chi connectivity index (χ0) is 25.7. The summed E-state index contributed by atoms with van der Waals surface area (Å²) >= 11 is 0. The molecule has 0 radical (unpaired) electrons. The normalized spacial score (nSPS) is 14.3. The fourth-order valence-electron chi connectivity index (χ4n) is 4.86. The minimum Gasteiger partial charge on any atom is -0.367 e. The molecule has 38 heavy (non-hydrogen) atoms. The lowest BCUT2D eigenvalue weighted by Gasteiger charge is -2.32. The average Bonchev–Trinajstić information content (AvgIpc) is 2.98. The van der Waals surface area contributed by atoms with E-state index in [0.717, 1.165) is 60.5 Å². The van der Waals surface area contributed by atoms with E-state index in [0.29, 0.717) is 17.5 Å². The summed E-state index contributed by atoms with van der Waals surface area (Å²) in [6, 6.07) is 26.8. The van der Waals surface area contributed by atoms with E-state index in [1.54, 1.807) is 12.4 Å². The van der Waals surface area contributed by atoms with E-state index >= 15 is 0 Å². The zero-order valence-corrected chi connectivity index (χ0v) is 20.8. The molecule has 186 valence electrons. The van der Waals surface area contributed by atoms with Crippen LogP contribution < -0.4 is 5.32 Å². The standard InChI is InChI=1S/C30H26N8/c31-19-27-32-16-12-26(36-27)34-24-13-17-38(18-14-24)20-21-8-10-23(11-9-21)28-29(22-5-2-1-3-6-22)37-30-25(35-28)7-4-15-33-30/h1-12,15-16,24H,13-14,17-18,20H2,(H,32,34,36). The van der Waals surface area contributed by atoms with Crippen molar-refractivity contribution in [3.63, 3.8) is 0 Å². The van der Waals surface area contributed by atoms with Crippen molar-refractivity contribution >= 4 is 17.0 Å². The van der Waals surface area contributed by atoms with Crippen LogP contribution in [0.25, 0.3) is 33.7 Å². The van der Waals surface area contributed by atoms with E-state index in [-0.39, 0.29) is 5.82 Å². The van der Waals surface area contributed by atoms with Crippen molar-refractivity contribution in [2.45, 2.75) is 25.4 Å². The predicted octanol–water partition coefficient (Wildman–Crippen LogP) is 5.10. The van der Waals surface area contributed by atoms with Crippen LogP contribution >= 0.6 is 0 Å². The van der Waals surface area contributed by atoms with Gasteiger partial charge in [-0.05, 0) is 36.6 Å². The smallest absolute Gasteiger partial charge is 0.234 e. The van der Waals surface area contributed by atoms with Crippen molar-refractivity contribution in [3.05, 3.63) is 96.6 Å². The summed E-state index contributed by atoms with van der Waals surface area (Å²) in [6.07, 6.45) is 5.41. The summed E-state index contributed by atoms with van der Waals surface area (Å²) < 4.78 is 0. The molecule has 8 nitrogen and oxygen atoms in total. The number of hydrogen-bond acceptors (Lipinski definition) is 8. The molecule has 1 aliphatic rings. The second-order valence-corrected chi connectivity index (χ2v) is 9.40. The van der Waals surface area contributed by atoms with Gasteiger partial charge < -0.3 is 5.32 Å². The third kappa shape index (κ3) is 5.19. The Hall–Kier alpha value is -4.74. The largest absolute Gasteiger partial charge is 0.367 e. The van der Waals surface area contributed by atoms with E-state index in [1.807, 2.05) is 42.5 Å². The Kier molecular flexibility index (Phi) is 6.66. The van der Waals surface area contributed by atoms with Crippen molar-refractivity contribution in [2.24, 2.45) is 0 Å². The highest BCUT2D eigenvalue weighted by molar-refractivity contribution is 5.84. The molecule has 1 saturated heterocycles. The van der Waals surface area contributed by atoms with Crippen LogP contribution in [0, 0.1) is 11.3 Å². The van der Waals surface area contributed by atoms with Gasteiger partial charge in [0.25, 0.3) is 0 Å². The number of pyridine rings is 1. The number of likely N-dealkylation sites (tertiary alicyclic amines) is 1. The third-order valence-corrected chi connectivity index (χ3v) is 6.82. The van der Waals surface area contributed by atoms with Gasteiger partial charge in [0.2, 0.25) is 5.82 Å². The number of aromatic nitrogens is 5. The van der Waals surface area contributed by atoms with E-state index < -0.39 is 0 Å². The monoisotopic (exact) mass is 498 g/mol. The SMILES string of the molecule is N#Cc1nccc(NC2CCN(Cc3ccc(-c4nc5cccnc5nc4-c4ccccc4)cc3)CC2)n1. The average molecular weight is 499 g/mol. The lowest BCUT2D eigenvalue weighted by molar-refractivity contribution is 0.211. The third-order valence-electron chi connectivity index (χ3n) is 6.82. The molecule has 0 unspecified atom stereocenters. The van der Waals surface area contributed by atoms with E-state index in [9.17, 15) is 0 Å². The van der Waals surface area contributed by atoms with Crippen molar-refractivity contribution in [3.8, 4) is 28.6 Å². The number of nitriles is 1. The van der Waals surface area contributed by atoms with E-state index in [1.165, 1.54) is 5.56 Å². The molecule has 0 atom stereocenters. The van der Waals surface area contributed by atoms with Crippen LogP contribution in [0.3, 0.4) is 0 Å². The fourth-order valence-corrected chi connectivity index (χ4v) is 4.86. The Morgan fingerprint density at radius 2 is 1.55 bits per heavy atom. The first-order valence-corrected chi connectivity index (χ1v) is 12.7. The molecule has 2 aromatic carbocycles. The summed E-state index contributed by atoms with van der Waals surface area (Å²) in [5.41, 5.74) is 6.46. The maximum atomic E-state index is 9.01. The Morgan fingerprint density at radius 1 is 0.789 bits per heavy atom. The van der Waals surface area contributed by atoms with Gasteiger partial charge in [0.05, 0.1) is 11.4 Å². The van der Waals surface area contributed by atoms with Crippen LogP contribution in [-0.2, 0) is 6.54 Å². The number of nitrogens with zero attached hydrogens (tertiary/aromatic N) is 7. The van der Waals surface area contributed by atoms with Crippen molar-refractivity contribution < 1.29 is 0 Å². The lowest BCUT2D eigenvalue weighted by atomic mass is 10.0. The first kappa shape index (κ1) is 23.6. The highest BCUT2D eigenvalue weighted by Crippen LogP contribution is 2.31. The van der Waals surface area contributed by atoms with Crippen molar-refractivity contribution in [1.29, 1.82) is 5.26 Å². The minimum absolute atomic E-state index is 0.193. The fraction of sp³-hybridized carbons (Fsp3) is 0.200. The van der Waals surface area contributed by atoms with Crippen LogP contribution in [0.1, 0.15) is 24.2 Å². The highest BCUT2D eigenvalue weighted by Gasteiger charge is 2.20. The molecule has 0 amide bonds. The van der Waals surface area contributed by atoms with Gasteiger partial charge in [0.15, 0.2) is 5.65 Å². The molecule has 0 saturated carbocycles. The van der Waals surface area contributed by atoms with Gasteiger partial charge in [-0.3, -0.25) is 4.90 Å². The van der Waals surface area contributed by atoms with Gasteiger partial charge in [0, 0.05) is 49.2 Å². The topological polar surface area (TPSA) is 104 Å². The molecular formula is C30H26N8. The predicted molar refractivity (Wildman–Crippen MR) is 147 cm³/mol. The van der Waals surface area contributed by atoms with Gasteiger partial charge >= 0.3 is 0 Å². The Bertz CT molecular complexity index is 1590. The molecule has 1 N–H and O–H groups in total. The summed E-state index contributed by atoms with van der Waals surface area (Å²) in [5, 5.41) is 12.5. The Labute approximate surface area is 221 Å². The van der Waals surface area contributed by atoms with Crippen LogP contribution in [0.15, 0.2) is 85.2 Å². The number of piperidine rings is 1. The zero-order valence-electron chi connectivity index (χ0n) is 20.8.